The van der Waals surface area contributed by atoms with E-state index in [-0.39, 0.29) is 12.4 Å². The van der Waals surface area contributed by atoms with Crippen molar-refractivity contribution in [2.24, 2.45) is 0 Å². The van der Waals surface area contributed by atoms with Gasteiger partial charge in [0.05, 0.1) is 19.2 Å². The highest BCUT2D eigenvalue weighted by atomic mass is 79.9. The van der Waals surface area contributed by atoms with Crippen molar-refractivity contribution in [2.75, 3.05) is 7.11 Å². The van der Waals surface area contributed by atoms with E-state index in [4.69, 9.17) is 0 Å². The summed E-state index contributed by atoms with van der Waals surface area (Å²) in [5, 5.41) is 0. The molecule has 64 valence electrons. The Bertz CT molecular complexity index is 302. The Hall–Kier alpha value is -0.355. The van der Waals surface area contributed by atoms with Crippen LogP contribution >= 0.6 is 27.3 Å². The van der Waals surface area contributed by atoms with E-state index in [2.05, 4.69) is 25.7 Å². The van der Waals surface area contributed by atoms with Gasteiger partial charge < -0.3 is 4.74 Å². The lowest BCUT2D eigenvalue weighted by Crippen LogP contribution is -2.12. The largest absolute Gasteiger partial charge is 0.469 e. The summed E-state index contributed by atoms with van der Waals surface area (Å²) >= 11 is 4.77. The number of hydrogen-bond donors (Lipinski definition) is 0. The molecule has 0 fully saturated rings. The van der Waals surface area contributed by atoms with Crippen molar-refractivity contribution in [1.29, 1.82) is 0 Å². The molecule has 0 spiro atoms. The smallest absolute Gasteiger partial charge is 0.311 e. The second kappa shape index (κ2) is 4.05. The molecule has 0 unspecified atom stereocenters. The van der Waals surface area contributed by atoms with Crippen molar-refractivity contribution in [3.8, 4) is 0 Å². The van der Waals surface area contributed by atoms with E-state index >= 15 is 0 Å². The Balaban J connectivity index is 2.75. The van der Waals surface area contributed by atoms with Crippen LogP contribution in [0.1, 0.15) is 5.69 Å². The molecular weight excluding hydrogens is 241 g/mol. The van der Waals surface area contributed by atoms with Crippen molar-refractivity contribution in [3.63, 3.8) is 0 Å². The minimum Gasteiger partial charge on any atom is -0.469 e. The lowest BCUT2D eigenvalue weighted by Gasteiger charge is -1.95. The van der Waals surface area contributed by atoms with Crippen LogP contribution in [0.25, 0.3) is 0 Å². The van der Waals surface area contributed by atoms with Gasteiger partial charge in [0.1, 0.15) is 0 Å². The monoisotopic (exact) mass is 247 g/mol. The van der Waals surface area contributed by atoms with Crippen LogP contribution in [-0.2, 0) is 16.0 Å². The molecule has 0 aromatic carbocycles. The number of nitrogens with zero attached hydrogens (tertiary/aromatic N) is 1. The molecule has 1 rings (SSSR count). The third kappa shape index (κ3) is 2.32. The Morgan fingerprint density at radius 2 is 2.50 bits per heavy atom. The van der Waals surface area contributed by atoms with Gasteiger partial charge in [-0.1, -0.05) is 0 Å². The van der Waals surface area contributed by atoms with Gasteiger partial charge in [0.15, 0.2) is 11.8 Å². The Morgan fingerprint density at radius 1 is 1.83 bits per heavy atom. The fourth-order valence-corrected chi connectivity index (χ4v) is 2.35. The van der Waals surface area contributed by atoms with Crippen LogP contribution in [0.4, 0.5) is 0 Å². The first kappa shape index (κ1) is 9.73. The van der Waals surface area contributed by atoms with Gasteiger partial charge >= 0.3 is 5.97 Å². The SMILES string of the molecule is Bc1sc(Br)nc1CC(=O)OC. The number of ether oxygens (including phenoxy) is 1. The second-order valence-corrected chi connectivity index (χ2v) is 4.70. The molecule has 0 N–H and O–H groups in total. The molecule has 1 aromatic heterocycles. The van der Waals surface area contributed by atoms with E-state index in [1.807, 2.05) is 7.85 Å². The predicted molar refractivity (Wildman–Crippen MR) is 53.7 cm³/mol. The zero-order valence-corrected chi connectivity index (χ0v) is 9.16. The number of esters is 1. The number of carbonyl (C=O) groups excluding carboxylic acids is 1. The van der Waals surface area contributed by atoms with Gasteiger partial charge in [-0.2, -0.15) is 0 Å². The van der Waals surface area contributed by atoms with E-state index in [9.17, 15) is 4.79 Å². The van der Waals surface area contributed by atoms with Crippen LogP contribution < -0.4 is 4.78 Å². The van der Waals surface area contributed by atoms with Gasteiger partial charge in [-0.15, -0.1) is 11.3 Å². The average Bonchev–Trinajstić information content (AvgIpc) is 2.30. The molecule has 12 heavy (non-hydrogen) atoms. The molecule has 0 atom stereocenters. The van der Waals surface area contributed by atoms with E-state index < -0.39 is 0 Å². The zero-order chi connectivity index (χ0) is 9.14. The minimum absolute atomic E-state index is 0.254. The van der Waals surface area contributed by atoms with Gasteiger partial charge in [-0.3, -0.25) is 4.79 Å². The van der Waals surface area contributed by atoms with Crippen molar-refractivity contribution >= 4 is 45.9 Å². The van der Waals surface area contributed by atoms with Crippen molar-refractivity contribution in [1.82, 2.24) is 4.98 Å². The lowest BCUT2D eigenvalue weighted by molar-refractivity contribution is -0.139. The molecule has 0 bridgehead atoms. The van der Waals surface area contributed by atoms with Crippen molar-refractivity contribution in [2.45, 2.75) is 6.42 Å². The van der Waals surface area contributed by atoms with Crippen molar-refractivity contribution < 1.29 is 9.53 Å². The highest BCUT2D eigenvalue weighted by Gasteiger charge is 2.09. The molecular formula is C6H7BBrNO2S. The first-order valence-electron chi connectivity index (χ1n) is 3.32. The molecule has 1 aromatic rings. The first-order valence-corrected chi connectivity index (χ1v) is 4.93. The van der Waals surface area contributed by atoms with E-state index in [1.165, 1.54) is 18.4 Å². The lowest BCUT2D eigenvalue weighted by atomic mass is 10.0. The summed E-state index contributed by atoms with van der Waals surface area (Å²) in [6, 6.07) is 0. The van der Waals surface area contributed by atoms with E-state index in [0.29, 0.717) is 0 Å². The van der Waals surface area contributed by atoms with Crippen LogP contribution in [0.15, 0.2) is 3.92 Å². The molecule has 1 heterocycles. The fraction of sp³-hybridized carbons (Fsp3) is 0.333. The Kier molecular flexibility index (Phi) is 3.28. The number of hydrogen-bond acceptors (Lipinski definition) is 4. The number of aromatic nitrogens is 1. The normalized spacial score (nSPS) is 9.83. The molecule has 0 saturated carbocycles. The minimum atomic E-state index is -0.254. The number of rotatable bonds is 2. The third-order valence-electron chi connectivity index (χ3n) is 1.41. The van der Waals surface area contributed by atoms with E-state index in [1.54, 1.807) is 0 Å². The summed E-state index contributed by atoms with van der Waals surface area (Å²) in [4.78, 5) is 15.0. The van der Waals surface area contributed by atoms with Crippen molar-refractivity contribution in [3.05, 3.63) is 9.61 Å². The van der Waals surface area contributed by atoms with Gasteiger partial charge in [-0.05, 0) is 20.7 Å². The van der Waals surface area contributed by atoms with Gasteiger partial charge in [-0.25, -0.2) is 4.98 Å². The highest BCUT2D eigenvalue weighted by Crippen LogP contribution is 2.13. The van der Waals surface area contributed by atoms with Gasteiger partial charge in [0.25, 0.3) is 0 Å². The molecule has 0 aliphatic carbocycles. The zero-order valence-electron chi connectivity index (χ0n) is 6.76. The molecule has 0 aliphatic rings. The fourth-order valence-electron chi connectivity index (χ4n) is 0.766. The van der Waals surface area contributed by atoms with Crippen LogP contribution in [0.3, 0.4) is 0 Å². The molecule has 0 saturated heterocycles. The number of thiazole rings is 1. The maximum absolute atomic E-state index is 10.9. The molecule has 0 amide bonds. The van der Waals surface area contributed by atoms with Gasteiger partial charge in [0, 0.05) is 0 Å². The Labute approximate surface area is 83.7 Å². The van der Waals surface area contributed by atoms with Gasteiger partial charge in [0.2, 0.25) is 0 Å². The van der Waals surface area contributed by atoms with Crippen LogP contribution in [0.5, 0.6) is 0 Å². The first-order chi connectivity index (χ1) is 5.63. The summed E-state index contributed by atoms with van der Waals surface area (Å²) in [7, 11) is 3.31. The number of carbonyl (C=O) groups is 1. The highest BCUT2D eigenvalue weighted by molar-refractivity contribution is 9.11. The number of halogens is 1. The summed E-state index contributed by atoms with van der Waals surface area (Å²) in [6.07, 6.45) is 0.254. The number of methoxy groups -OCH3 is 1. The Morgan fingerprint density at radius 3 is 2.92 bits per heavy atom. The topological polar surface area (TPSA) is 39.2 Å². The molecule has 0 radical (unpaired) electrons. The summed E-state index contributed by atoms with van der Waals surface area (Å²) in [6.45, 7) is 0. The standard InChI is InChI=1S/C6H7BBrNO2S/c1-11-4(10)2-3-5(7)12-6(8)9-3/h2,7H2,1H3. The summed E-state index contributed by atoms with van der Waals surface area (Å²) in [5.74, 6) is -0.254. The van der Waals surface area contributed by atoms with Crippen LogP contribution in [0.2, 0.25) is 0 Å². The van der Waals surface area contributed by atoms with Crippen LogP contribution in [0, 0.1) is 0 Å². The molecule has 0 aliphatic heterocycles. The van der Waals surface area contributed by atoms with E-state index in [0.717, 1.165) is 14.4 Å². The average molecular weight is 248 g/mol. The third-order valence-corrected chi connectivity index (χ3v) is 2.87. The van der Waals surface area contributed by atoms with Crippen LogP contribution in [-0.4, -0.2) is 25.9 Å². The predicted octanol–water partition coefficient (Wildman–Crippen LogP) is -0.120. The quantitative estimate of drug-likeness (QED) is 0.541. The summed E-state index contributed by atoms with van der Waals surface area (Å²) in [5.41, 5.74) is 0.790. The summed E-state index contributed by atoms with van der Waals surface area (Å²) < 4.78 is 6.38. The second-order valence-electron chi connectivity index (χ2n) is 2.22. The maximum Gasteiger partial charge on any atom is 0.311 e. The molecule has 6 heteroatoms. The maximum atomic E-state index is 10.9. The molecule has 3 nitrogen and oxygen atoms in total.